The molecule has 0 aliphatic rings. The van der Waals surface area contributed by atoms with Crippen LogP contribution in [0.2, 0.25) is 0 Å². The van der Waals surface area contributed by atoms with E-state index in [9.17, 15) is 8.42 Å². The molecular weight excluding hydrogens is 362 g/mol. The third kappa shape index (κ3) is 4.20. The normalized spacial score (nSPS) is 12.7. The maximum absolute atomic E-state index is 13.0. The molecule has 0 spiro atoms. The highest BCUT2D eigenvalue weighted by Crippen LogP contribution is 2.26. The molecule has 1 aromatic heterocycles. The number of hydrogen-bond donors (Lipinski definition) is 1. The van der Waals surface area contributed by atoms with E-state index < -0.39 is 16.1 Å². The van der Waals surface area contributed by atoms with Crippen molar-refractivity contribution in [2.45, 2.75) is 24.8 Å². The van der Waals surface area contributed by atoms with Gasteiger partial charge in [0.2, 0.25) is 10.0 Å². The van der Waals surface area contributed by atoms with Crippen LogP contribution in [0.3, 0.4) is 0 Å². The van der Waals surface area contributed by atoms with Crippen molar-refractivity contribution in [1.29, 1.82) is 0 Å². The molecule has 0 aliphatic heterocycles. The summed E-state index contributed by atoms with van der Waals surface area (Å²) >= 11 is 0. The molecule has 3 rings (SSSR count). The molecule has 0 fully saturated rings. The van der Waals surface area contributed by atoms with Crippen LogP contribution in [0.4, 0.5) is 0 Å². The second kappa shape index (κ2) is 7.94. The number of rotatable bonds is 7. The van der Waals surface area contributed by atoms with Crippen LogP contribution in [0.5, 0.6) is 5.75 Å². The number of benzene rings is 2. The lowest BCUT2D eigenvalue weighted by molar-refractivity contribution is 0.340. The predicted octanol–water partition coefficient (Wildman–Crippen LogP) is 3.20. The second-order valence-corrected chi connectivity index (χ2v) is 7.93. The van der Waals surface area contributed by atoms with Gasteiger partial charge in [-0.05, 0) is 49.2 Å². The Balaban J connectivity index is 1.99. The zero-order valence-corrected chi connectivity index (χ0v) is 16.4. The molecule has 0 saturated heterocycles. The molecule has 7 heteroatoms. The SMILES string of the molecule is CCOc1ccc(S(=O)(=O)NC(c2ccccc2C)c2nccn2C)cc1. The summed E-state index contributed by atoms with van der Waals surface area (Å²) in [7, 11) is -1.91. The molecule has 1 atom stereocenters. The molecule has 0 bridgehead atoms. The lowest BCUT2D eigenvalue weighted by atomic mass is 10.0. The molecule has 2 aromatic carbocycles. The van der Waals surface area contributed by atoms with E-state index in [2.05, 4.69) is 9.71 Å². The Hall–Kier alpha value is -2.64. The zero-order chi connectivity index (χ0) is 19.4. The van der Waals surface area contributed by atoms with Gasteiger partial charge in [-0.15, -0.1) is 0 Å². The first-order chi connectivity index (χ1) is 12.9. The number of aromatic nitrogens is 2. The summed E-state index contributed by atoms with van der Waals surface area (Å²) in [6.45, 7) is 4.36. The van der Waals surface area contributed by atoms with E-state index in [1.807, 2.05) is 49.7 Å². The van der Waals surface area contributed by atoms with Crippen molar-refractivity contribution in [3.8, 4) is 5.75 Å². The third-order valence-corrected chi connectivity index (χ3v) is 5.77. The molecule has 3 aromatic rings. The first kappa shape index (κ1) is 19.1. The standard InChI is InChI=1S/C20H23N3O3S/c1-4-26-16-9-11-17(12-10-16)27(24,25)22-19(20-21-13-14-23(20)3)18-8-6-5-7-15(18)2/h5-14,19,22H,4H2,1-3H3. The summed E-state index contributed by atoms with van der Waals surface area (Å²) in [5, 5.41) is 0. The molecule has 0 aliphatic carbocycles. The molecule has 0 amide bonds. The van der Waals surface area contributed by atoms with Crippen molar-refractivity contribution in [3.05, 3.63) is 77.9 Å². The van der Waals surface area contributed by atoms with E-state index in [1.165, 1.54) is 0 Å². The van der Waals surface area contributed by atoms with E-state index in [4.69, 9.17) is 4.74 Å². The fraction of sp³-hybridized carbons (Fsp3) is 0.250. The fourth-order valence-corrected chi connectivity index (χ4v) is 4.10. The summed E-state index contributed by atoms with van der Waals surface area (Å²) in [6, 6.07) is 13.5. The Kier molecular flexibility index (Phi) is 5.62. The molecule has 1 N–H and O–H groups in total. The molecule has 142 valence electrons. The number of sulfonamides is 1. The minimum absolute atomic E-state index is 0.179. The Morgan fingerprint density at radius 3 is 2.44 bits per heavy atom. The monoisotopic (exact) mass is 385 g/mol. The molecule has 6 nitrogen and oxygen atoms in total. The molecule has 1 heterocycles. The van der Waals surface area contributed by atoms with Gasteiger partial charge in [-0.25, -0.2) is 13.4 Å². The van der Waals surface area contributed by atoms with E-state index in [0.717, 1.165) is 11.1 Å². The average molecular weight is 385 g/mol. The number of hydrogen-bond acceptors (Lipinski definition) is 4. The number of imidazole rings is 1. The van der Waals surface area contributed by atoms with Gasteiger partial charge in [-0.2, -0.15) is 4.72 Å². The lowest BCUT2D eigenvalue weighted by Crippen LogP contribution is -2.31. The summed E-state index contributed by atoms with van der Waals surface area (Å²) < 4.78 is 36.0. The molecule has 1 unspecified atom stereocenters. The van der Waals surface area contributed by atoms with Gasteiger partial charge < -0.3 is 9.30 Å². The van der Waals surface area contributed by atoms with Crippen LogP contribution < -0.4 is 9.46 Å². The Morgan fingerprint density at radius 2 is 1.85 bits per heavy atom. The van der Waals surface area contributed by atoms with Crippen molar-refractivity contribution >= 4 is 10.0 Å². The highest BCUT2D eigenvalue weighted by Gasteiger charge is 2.26. The summed E-state index contributed by atoms with van der Waals surface area (Å²) in [5.74, 6) is 1.26. The molecular formula is C20H23N3O3S. The van der Waals surface area contributed by atoms with Gasteiger partial charge in [-0.3, -0.25) is 0 Å². The average Bonchev–Trinajstić information content (AvgIpc) is 3.07. The molecule has 27 heavy (non-hydrogen) atoms. The summed E-state index contributed by atoms with van der Waals surface area (Å²) in [4.78, 5) is 4.55. The fourth-order valence-electron chi connectivity index (χ4n) is 2.93. The van der Waals surface area contributed by atoms with Crippen LogP contribution in [0.1, 0.15) is 29.9 Å². The number of nitrogens with zero attached hydrogens (tertiary/aromatic N) is 2. The summed E-state index contributed by atoms with van der Waals surface area (Å²) in [5.41, 5.74) is 1.85. The van der Waals surface area contributed by atoms with Crippen molar-refractivity contribution in [3.63, 3.8) is 0 Å². The zero-order valence-electron chi connectivity index (χ0n) is 15.6. The lowest BCUT2D eigenvalue weighted by Gasteiger charge is -2.21. The Morgan fingerprint density at radius 1 is 1.15 bits per heavy atom. The van der Waals surface area contributed by atoms with E-state index >= 15 is 0 Å². The van der Waals surface area contributed by atoms with Crippen LogP contribution >= 0.6 is 0 Å². The molecule has 0 saturated carbocycles. The van der Waals surface area contributed by atoms with Gasteiger partial charge >= 0.3 is 0 Å². The molecule has 0 radical (unpaired) electrons. The number of nitrogens with one attached hydrogen (secondary N) is 1. The maximum Gasteiger partial charge on any atom is 0.241 e. The minimum Gasteiger partial charge on any atom is -0.494 e. The van der Waals surface area contributed by atoms with Crippen LogP contribution in [-0.2, 0) is 17.1 Å². The first-order valence-corrected chi connectivity index (χ1v) is 10.2. The van der Waals surface area contributed by atoms with Crippen LogP contribution in [0.25, 0.3) is 0 Å². The quantitative estimate of drug-likeness (QED) is 0.678. The maximum atomic E-state index is 13.0. The Labute approximate surface area is 159 Å². The van der Waals surface area contributed by atoms with Crippen LogP contribution in [0.15, 0.2) is 65.8 Å². The van der Waals surface area contributed by atoms with E-state index in [-0.39, 0.29) is 4.90 Å². The smallest absolute Gasteiger partial charge is 0.241 e. The van der Waals surface area contributed by atoms with Crippen LogP contribution in [0, 0.1) is 6.92 Å². The highest BCUT2D eigenvalue weighted by atomic mass is 32.2. The van der Waals surface area contributed by atoms with E-state index in [1.54, 1.807) is 36.7 Å². The van der Waals surface area contributed by atoms with Crippen LogP contribution in [-0.4, -0.2) is 24.6 Å². The van der Waals surface area contributed by atoms with Gasteiger partial charge in [0.15, 0.2) is 0 Å². The highest BCUT2D eigenvalue weighted by molar-refractivity contribution is 7.89. The van der Waals surface area contributed by atoms with Gasteiger partial charge in [0.25, 0.3) is 0 Å². The van der Waals surface area contributed by atoms with Gasteiger partial charge in [0.1, 0.15) is 17.6 Å². The van der Waals surface area contributed by atoms with Gasteiger partial charge in [0.05, 0.1) is 11.5 Å². The van der Waals surface area contributed by atoms with Crippen molar-refractivity contribution < 1.29 is 13.2 Å². The Bertz CT molecular complexity index is 1010. The largest absolute Gasteiger partial charge is 0.494 e. The van der Waals surface area contributed by atoms with Crippen molar-refractivity contribution in [1.82, 2.24) is 14.3 Å². The van der Waals surface area contributed by atoms with Gasteiger partial charge in [-0.1, -0.05) is 24.3 Å². The second-order valence-electron chi connectivity index (χ2n) is 6.21. The number of ether oxygens (including phenoxy) is 1. The predicted molar refractivity (Wildman–Crippen MR) is 104 cm³/mol. The minimum atomic E-state index is -3.76. The van der Waals surface area contributed by atoms with Crippen molar-refractivity contribution in [2.75, 3.05) is 6.61 Å². The van der Waals surface area contributed by atoms with Crippen molar-refractivity contribution in [2.24, 2.45) is 7.05 Å². The first-order valence-electron chi connectivity index (χ1n) is 8.70. The topological polar surface area (TPSA) is 73.2 Å². The summed E-state index contributed by atoms with van der Waals surface area (Å²) in [6.07, 6.45) is 3.46. The van der Waals surface area contributed by atoms with E-state index in [0.29, 0.717) is 18.2 Å². The number of aryl methyl sites for hydroxylation is 2. The van der Waals surface area contributed by atoms with Gasteiger partial charge in [0, 0.05) is 19.4 Å². The third-order valence-electron chi connectivity index (χ3n) is 4.33.